The van der Waals surface area contributed by atoms with Gasteiger partial charge in [-0.3, -0.25) is 14.6 Å². The van der Waals surface area contributed by atoms with Gasteiger partial charge in [0.25, 0.3) is 0 Å². The summed E-state index contributed by atoms with van der Waals surface area (Å²) >= 11 is 0. The molecule has 0 saturated heterocycles. The lowest BCUT2D eigenvalue weighted by Gasteiger charge is -1.62. The van der Waals surface area contributed by atoms with Gasteiger partial charge in [0.1, 0.15) is 0 Å². The first kappa shape index (κ1) is 4.42. The van der Waals surface area contributed by atoms with Gasteiger partial charge in [0.2, 0.25) is 0 Å². The molecule has 0 rings (SSSR count). The topological polar surface area (TPSA) is 60.2 Å². The van der Waals surface area contributed by atoms with E-state index in [2.05, 4.69) is 0 Å². The average molecular weight is 91.1 g/mol. The van der Waals surface area contributed by atoms with Gasteiger partial charge in [-0.05, 0) is 0 Å². The third-order valence-electron chi connectivity index (χ3n) is 0.0861. The Hall–Kier alpha value is -0.583. The van der Waals surface area contributed by atoms with E-state index in [0.29, 0.717) is 0 Å². The Morgan fingerprint density at radius 2 is 2.00 bits per heavy atom. The summed E-state index contributed by atoms with van der Waals surface area (Å²) in [6, 6.07) is 0. The molecule has 0 N–H and O–H groups in total. The first-order valence-corrected chi connectivity index (χ1v) is 1.85. The van der Waals surface area contributed by atoms with Crippen molar-refractivity contribution in [3.63, 3.8) is 0 Å². The predicted molar refractivity (Wildman–Crippen MR) is 14.8 cm³/mol. The van der Waals surface area contributed by atoms with Gasteiger partial charge in [0.15, 0.2) is 0 Å². The van der Waals surface area contributed by atoms with Crippen LogP contribution in [0.2, 0.25) is 0 Å². The van der Waals surface area contributed by atoms with Crippen LogP contribution in [0.5, 0.6) is 0 Å². The van der Waals surface area contributed by atoms with E-state index in [1.54, 1.807) is 0 Å². The van der Waals surface area contributed by atoms with Gasteiger partial charge in [0, 0.05) is 4.59 Å². The number of nitrogens with zero attached hydrogens (tertiary/aromatic N) is 1. The van der Waals surface area contributed by atoms with Crippen LogP contribution in [-0.4, -0.2) is 14.2 Å². The van der Waals surface area contributed by atoms with Crippen LogP contribution in [0.15, 0.2) is 0 Å². The minimum Gasteiger partial charge on any atom is -0.297 e. The van der Waals surface area contributed by atoms with Crippen molar-refractivity contribution < 1.29 is 9.05 Å². The Bertz CT molecular complexity index is 57.9. The fraction of sp³-hybridized carbons (Fsp3) is 0. The molecule has 0 heterocycles. The number of nitro groups is 1. The molecule has 28 valence electrons. The van der Waals surface area contributed by atoms with E-state index in [1.807, 2.05) is 0 Å². The molecule has 0 bridgehead atoms. The fourth-order valence-electron chi connectivity index (χ4n) is 0. The molecule has 0 atom stereocenters. The van der Waals surface area contributed by atoms with Gasteiger partial charge in [-0.2, -0.15) is 0 Å². The monoisotopic (exact) mass is 91.0 g/mol. The Kier molecular flexibility index (Phi) is 1.51. The maximum Gasteiger partial charge on any atom is 0.680 e. The molecule has 0 spiro atoms. The standard InChI is InChI=1S/HNO3Si/c2-1(3)5-4/h5H. The lowest BCUT2D eigenvalue weighted by Crippen LogP contribution is -1.91. The van der Waals surface area contributed by atoms with Gasteiger partial charge < -0.3 is 0 Å². The summed E-state index contributed by atoms with van der Waals surface area (Å²) in [5.41, 5.74) is 0. The predicted octanol–water partition coefficient (Wildman–Crippen LogP) is -1.04. The van der Waals surface area contributed by atoms with Gasteiger partial charge in [-0.1, -0.05) is 0 Å². The zero-order valence-electron chi connectivity index (χ0n) is 2.25. The van der Waals surface area contributed by atoms with E-state index in [0.717, 1.165) is 0 Å². The second kappa shape index (κ2) is 1.71. The summed E-state index contributed by atoms with van der Waals surface area (Å²) in [5.74, 6) is 0. The molecule has 0 aliphatic heterocycles. The maximum absolute atomic E-state index is 9.01. The van der Waals surface area contributed by atoms with Gasteiger partial charge in [-0.25, -0.2) is 0 Å². The summed E-state index contributed by atoms with van der Waals surface area (Å²) in [4.78, 5) is 8.90. The van der Waals surface area contributed by atoms with Gasteiger partial charge >= 0.3 is 9.57 Å². The summed E-state index contributed by atoms with van der Waals surface area (Å²) in [5, 5.41) is 8.90. The van der Waals surface area contributed by atoms with E-state index >= 15 is 0 Å². The molecule has 0 aromatic rings. The van der Waals surface area contributed by atoms with Crippen molar-refractivity contribution in [2.75, 3.05) is 0 Å². The summed E-state index contributed by atoms with van der Waals surface area (Å²) in [7, 11) is -1.80. The normalized spacial score (nSPS) is 6.40. The van der Waals surface area contributed by atoms with Crippen LogP contribution in [0.4, 0.5) is 0 Å². The van der Waals surface area contributed by atoms with Crippen molar-refractivity contribution in [3.05, 3.63) is 10.1 Å². The smallest absolute Gasteiger partial charge is 0.297 e. The van der Waals surface area contributed by atoms with Crippen molar-refractivity contribution in [1.29, 1.82) is 0 Å². The Labute approximate surface area is 29.9 Å². The lowest BCUT2D eigenvalue weighted by atomic mass is 13.4. The summed E-state index contributed by atoms with van der Waals surface area (Å²) < 4.78 is 8.17. The quantitative estimate of drug-likeness (QED) is 0.235. The molecule has 0 aromatic heterocycles. The molecule has 0 fully saturated rings. The van der Waals surface area contributed by atoms with Crippen molar-refractivity contribution in [1.82, 2.24) is 0 Å². The van der Waals surface area contributed by atoms with Crippen molar-refractivity contribution >= 4 is 9.57 Å². The van der Waals surface area contributed by atoms with Crippen LogP contribution in [0, 0.1) is 10.1 Å². The van der Waals surface area contributed by atoms with E-state index in [4.69, 9.17) is 14.6 Å². The maximum atomic E-state index is 9.01. The zero-order chi connectivity index (χ0) is 4.28. The van der Waals surface area contributed by atoms with Crippen LogP contribution in [0.25, 0.3) is 0 Å². The van der Waals surface area contributed by atoms with Crippen LogP contribution < -0.4 is 0 Å². The Morgan fingerprint density at radius 3 is 2.00 bits per heavy atom. The Morgan fingerprint density at radius 1 is 1.80 bits per heavy atom. The summed E-state index contributed by atoms with van der Waals surface area (Å²) in [6.45, 7) is 0. The van der Waals surface area contributed by atoms with Crippen LogP contribution in [-0.2, 0) is 4.46 Å². The highest BCUT2D eigenvalue weighted by Crippen LogP contribution is 1.42. The number of hydrogen-bond acceptors (Lipinski definition) is 3. The SMILES string of the molecule is O=[SiH][N+](=O)[O-]. The minimum absolute atomic E-state index is 0.847. The van der Waals surface area contributed by atoms with Crippen LogP contribution in [0.1, 0.15) is 0 Å². The molecule has 0 saturated carbocycles. The Balaban J connectivity index is 3.20. The lowest BCUT2D eigenvalue weighted by molar-refractivity contribution is -0.325. The molecule has 0 aliphatic carbocycles. The molecule has 0 aliphatic rings. The fourth-order valence-corrected chi connectivity index (χ4v) is 0. The second-order valence-corrected chi connectivity index (χ2v) is 1.02. The first-order chi connectivity index (χ1) is 2.27. The van der Waals surface area contributed by atoms with Crippen LogP contribution >= 0.6 is 0 Å². The highest BCUT2D eigenvalue weighted by Gasteiger charge is 1.83. The van der Waals surface area contributed by atoms with E-state index in [1.165, 1.54) is 0 Å². The van der Waals surface area contributed by atoms with Crippen molar-refractivity contribution in [2.24, 2.45) is 0 Å². The van der Waals surface area contributed by atoms with Gasteiger partial charge in [0.05, 0.1) is 0 Å². The molecule has 4 nitrogen and oxygen atoms in total. The molecule has 0 unspecified atom stereocenters. The largest absolute Gasteiger partial charge is 0.680 e. The molecular weight excluding hydrogens is 90.1 g/mol. The number of rotatable bonds is 1. The van der Waals surface area contributed by atoms with Crippen molar-refractivity contribution in [2.45, 2.75) is 0 Å². The molecular formula is HNO3Si. The minimum atomic E-state index is -1.80. The van der Waals surface area contributed by atoms with E-state index < -0.39 is 14.2 Å². The molecule has 5 heavy (non-hydrogen) atoms. The zero-order valence-corrected chi connectivity index (χ0v) is 3.40. The third-order valence-corrected chi connectivity index (χ3v) is 0.258. The number of hydrogen-bond donors (Lipinski definition) is 0. The highest BCUT2D eigenvalue weighted by molar-refractivity contribution is 6.04. The molecule has 0 aromatic carbocycles. The second-order valence-electron chi connectivity index (χ2n) is 0.391. The average Bonchev–Trinajstić information content (AvgIpc) is 1.38. The third kappa shape index (κ3) is 3.42. The van der Waals surface area contributed by atoms with E-state index in [-0.39, 0.29) is 0 Å². The van der Waals surface area contributed by atoms with E-state index in [9.17, 15) is 0 Å². The highest BCUT2D eigenvalue weighted by atomic mass is 28.2. The van der Waals surface area contributed by atoms with Crippen molar-refractivity contribution in [3.8, 4) is 0 Å². The van der Waals surface area contributed by atoms with Gasteiger partial charge in [-0.15, -0.1) is 0 Å². The molecule has 5 heteroatoms. The summed E-state index contributed by atoms with van der Waals surface area (Å²) in [6.07, 6.45) is 0. The molecule has 0 amide bonds. The van der Waals surface area contributed by atoms with Crippen LogP contribution in [0.3, 0.4) is 0 Å². The first-order valence-electron chi connectivity index (χ1n) is 0.859. The molecule has 0 radical (unpaired) electrons.